The molecule has 166 valence electrons. The smallest absolute Gasteiger partial charge is 0.319 e. The SMILES string of the molecule is Fc1c(Cl)ncc2c(N3CC4CCC(C4)C3)nc(OCC34CCCN3C[C@H](F)C4)nc12. The van der Waals surface area contributed by atoms with Gasteiger partial charge in [0.05, 0.1) is 10.9 Å². The van der Waals surface area contributed by atoms with E-state index in [-0.39, 0.29) is 22.2 Å². The van der Waals surface area contributed by atoms with Gasteiger partial charge in [-0.25, -0.2) is 13.8 Å². The summed E-state index contributed by atoms with van der Waals surface area (Å²) in [5, 5.41) is 0.347. The molecule has 0 aromatic carbocycles. The second kappa shape index (κ2) is 7.37. The van der Waals surface area contributed by atoms with Crippen LogP contribution >= 0.6 is 11.6 Å². The Morgan fingerprint density at radius 3 is 2.81 bits per heavy atom. The lowest BCUT2D eigenvalue weighted by Crippen LogP contribution is -2.43. The molecule has 1 saturated carbocycles. The molecular formula is C22H26ClF2N5O. The van der Waals surface area contributed by atoms with Crippen LogP contribution in [0.15, 0.2) is 6.20 Å². The highest BCUT2D eigenvalue weighted by Crippen LogP contribution is 2.42. The van der Waals surface area contributed by atoms with E-state index in [0.29, 0.717) is 42.6 Å². The number of alkyl halides is 1. The molecule has 0 spiro atoms. The highest BCUT2D eigenvalue weighted by molar-refractivity contribution is 6.30. The molecular weight excluding hydrogens is 424 g/mol. The van der Waals surface area contributed by atoms with Gasteiger partial charge < -0.3 is 9.64 Å². The van der Waals surface area contributed by atoms with Gasteiger partial charge in [-0.2, -0.15) is 9.97 Å². The number of hydrogen-bond donors (Lipinski definition) is 0. The molecule has 2 aromatic rings. The number of fused-ring (bicyclic) bond motifs is 4. The van der Waals surface area contributed by atoms with Crippen molar-refractivity contribution in [3.8, 4) is 6.01 Å². The second-order valence-corrected chi connectivity index (χ2v) is 10.1. The molecule has 1 aliphatic carbocycles. The summed E-state index contributed by atoms with van der Waals surface area (Å²) >= 11 is 5.95. The molecule has 4 atom stereocenters. The Labute approximate surface area is 184 Å². The van der Waals surface area contributed by atoms with Crippen LogP contribution in [0.4, 0.5) is 14.6 Å². The van der Waals surface area contributed by atoms with Gasteiger partial charge in [0.15, 0.2) is 11.0 Å². The van der Waals surface area contributed by atoms with E-state index in [1.165, 1.54) is 19.3 Å². The minimum Gasteiger partial charge on any atom is -0.461 e. The van der Waals surface area contributed by atoms with Crippen LogP contribution in [0.2, 0.25) is 5.15 Å². The van der Waals surface area contributed by atoms with E-state index in [4.69, 9.17) is 21.3 Å². The van der Waals surface area contributed by atoms with Crippen LogP contribution in [0.1, 0.15) is 38.5 Å². The van der Waals surface area contributed by atoms with Gasteiger partial charge in [0.2, 0.25) is 0 Å². The Kier molecular flexibility index (Phi) is 4.72. The molecule has 6 nitrogen and oxygen atoms in total. The Bertz CT molecular complexity index is 1010. The maximum absolute atomic E-state index is 14.9. The van der Waals surface area contributed by atoms with Gasteiger partial charge in [-0.05, 0) is 50.5 Å². The first kappa shape index (κ1) is 19.9. The number of nitrogens with zero attached hydrogens (tertiary/aromatic N) is 5. The molecule has 5 heterocycles. The zero-order valence-electron chi connectivity index (χ0n) is 17.4. The van der Waals surface area contributed by atoms with E-state index in [1.807, 2.05) is 0 Å². The molecule has 3 saturated heterocycles. The van der Waals surface area contributed by atoms with E-state index in [2.05, 4.69) is 19.8 Å². The number of aromatic nitrogens is 3. The van der Waals surface area contributed by atoms with Crippen LogP contribution in [-0.2, 0) is 0 Å². The predicted octanol–water partition coefficient (Wildman–Crippen LogP) is 4.01. The first-order chi connectivity index (χ1) is 15.0. The van der Waals surface area contributed by atoms with Gasteiger partial charge >= 0.3 is 6.01 Å². The maximum Gasteiger partial charge on any atom is 0.319 e. The highest BCUT2D eigenvalue weighted by Gasteiger charge is 2.49. The maximum atomic E-state index is 14.9. The van der Waals surface area contributed by atoms with Crippen molar-refractivity contribution in [2.75, 3.05) is 37.7 Å². The van der Waals surface area contributed by atoms with Crippen molar-refractivity contribution in [1.82, 2.24) is 19.9 Å². The first-order valence-corrected chi connectivity index (χ1v) is 11.7. The fraction of sp³-hybridized carbons (Fsp3) is 0.682. The summed E-state index contributed by atoms with van der Waals surface area (Å²) in [4.78, 5) is 17.5. The Morgan fingerprint density at radius 1 is 1.19 bits per heavy atom. The molecule has 9 heteroatoms. The molecule has 0 N–H and O–H groups in total. The van der Waals surface area contributed by atoms with Crippen LogP contribution in [0, 0.1) is 17.7 Å². The van der Waals surface area contributed by atoms with Gasteiger partial charge in [0, 0.05) is 32.3 Å². The van der Waals surface area contributed by atoms with Crippen molar-refractivity contribution in [2.24, 2.45) is 11.8 Å². The fourth-order valence-corrected chi connectivity index (χ4v) is 6.47. The van der Waals surface area contributed by atoms with Gasteiger partial charge in [0.25, 0.3) is 0 Å². The zero-order valence-corrected chi connectivity index (χ0v) is 18.1. The van der Waals surface area contributed by atoms with Crippen molar-refractivity contribution >= 4 is 28.3 Å². The molecule has 4 aliphatic rings. The fourth-order valence-electron chi connectivity index (χ4n) is 6.33. The summed E-state index contributed by atoms with van der Waals surface area (Å²) in [6.07, 6.45) is 6.84. The summed E-state index contributed by atoms with van der Waals surface area (Å²) in [7, 11) is 0. The van der Waals surface area contributed by atoms with E-state index < -0.39 is 12.0 Å². The van der Waals surface area contributed by atoms with Crippen LogP contribution < -0.4 is 9.64 Å². The average molecular weight is 450 g/mol. The number of hydrogen-bond acceptors (Lipinski definition) is 6. The first-order valence-electron chi connectivity index (χ1n) is 11.3. The van der Waals surface area contributed by atoms with Crippen molar-refractivity contribution < 1.29 is 13.5 Å². The second-order valence-electron chi connectivity index (χ2n) is 9.77. The third kappa shape index (κ3) is 3.33. The highest BCUT2D eigenvalue weighted by atomic mass is 35.5. The summed E-state index contributed by atoms with van der Waals surface area (Å²) in [6, 6.07) is 0.130. The van der Waals surface area contributed by atoms with Gasteiger partial charge in [-0.1, -0.05) is 11.6 Å². The summed E-state index contributed by atoms with van der Waals surface area (Å²) in [5.41, 5.74) is -0.176. The molecule has 0 radical (unpaired) electrons. The summed E-state index contributed by atoms with van der Waals surface area (Å²) in [6.45, 7) is 3.45. The van der Waals surface area contributed by atoms with Crippen LogP contribution in [0.3, 0.4) is 0 Å². The lowest BCUT2D eigenvalue weighted by Gasteiger charge is -2.34. The number of halogens is 3. The van der Waals surface area contributed by atoms with Gasteiger partial charge in [0.1, 0.15) is 24.1 Å². The summed E-state index contributed by atoms with van der Waals surface area (Å²) in [5.74, 6) is 1.29. The minimum absolute atomic E-state index is 0.130. The predicted molar refractivity (Wildman–Crippen MR) is 114 cm³/mol. The number of ether oxygens (including phenoxy) is 1. The molecule has 4 fully saturated rings. The van der Waals surface area contributed by atoms with Crippen molar-refractivity contribution in [3.05, 3.63) is 17.2 Å². The Hall–Kier alpha value is -1.80. The van der Waals surface area contributed by atoms with Gasteiger partial charge in [-0.15, -0.1) is 0 Å². The van der Waals surface area contributed by atoms with Gasteiger partial charge in [-0.3, -0.25) is 4.90 Å². The zero-order chi connectivity index (χ0) is 21.2. The van der Waals surface area contributed by atoms with E-state index in [1.54, 1.807) is 6.20 Å². The Balaban J connectivity index is 1.36. The standard InChI is InChI=1S/C22H26ClF2N5O/c23-19-17(25)18-16(8-26-19)20(29-9-13-2-3-14(6-13)10-29)28-21(27-18)31-12-22-4-1-5-30(22)11-15(24)7-22/h8,13-15H,1-7,9-12H2/t13?,14?,15-,22?/m1/s1. The average Bonchev–Trinajstić information content (AvgIpc) is 3.40. The summed E-state index contributed by atoms with van der Waals surface area (Å²) < 4.78 is 35.0. The lowest BCUT2D eigenvalue weighted by atomic mass is 9.95. The monoisotopic (exact) mass is 449 g/mol. The van der Waals surface area contributed by atoms with Crippen LogP contribution in [0.25, 0.3) is 10.9 Å². The van der Waals surface area contributed by atoms with E-state index >= 15 is 0 Å². The third-order valence-corrected chi connectivity index (χ3v) is 8.00. The van der Waals surface area contributed by atoms with Crippen molar-refractivity contribution in [3.63, 3.8) is 0 Å². The molecule has 3 unspecified atom stereocenters. The normalized spacial score (nSPS) is 32.7. The van der Waals surface area contributed by atoms with Crippen molar-refractivity contribution in [1.29, 1.82) is 0 Å². The number of anilines is 1. The lowest BCUT2D eigenvalue weighted by molar-refractivity contribution is 0.107. The third-order valence-electron chi connectivity index (χ3n) is 7.74. The van der Waals surface area contributed by atoms with Crippen molar-refractivity contribution in [2.45, 2.75) is 50.2 Å². The number of rotatable bonds is 4. The molecule has 2 bridgehead atoms. The Morgan fingerprint density at radius 2 is 2.00 bits per heavy atom. The number of piperidine rings is 1. The quantitative estimate of drug-likeness (QED) is 0.657. The molecule has 3 aliphatic heterocycles. The van der Waals surface area contributed by atoms with Crippen LogP contribution in [-0.4, -0.2) is 64.3 Å². The topological polar surface area (TPSA) is 54.4 Å². The van der Waals surface area contributed by atoms with Crippen LogP contribution in [0.5, 0.6) is 6.01 Å². The van der Waals surface area contributed by atoms with E-state index in [0.717, 1.165) is 32.5 Å². The molecule has 31 heavy (non-hydrogen) atoms. The van der Waals surface area contributed by atoms with E-state index in [9.17, 15) is 8.78 Å². The minimum atomic E-state index is -0.830. The number of pyridine rings is 1. The largest absolute Gasteiger partial charge is 0.461 e. The molecule has 6 rings (SSSR count). The molecule has 2 aromatic heterocycles. The molecule has 0 amide bonds.